The molecule has 0 amide bonds. The summed E-state index contributed by atoms with van der Waals surface area (Å²) in [6, 6.07) is 0. The van der Waals surface area contributed by atoms with E-state index < -0.39 is 6.10 Å². The summed E-state index contributed by atoms with van der Waals surface area (Å²) in [6.07, 6.45) is 59.3. The highest BCUT2D eigenvalue weighted by Crippen LogP contribution is 2.14. The Hall–Kier alpha value is -2.89. The molecule has 346 valence electrons. The maximum atomic E-state index is 12.7. The quantitative estimate of drug-likeness (QED) is 0.0263. The lowest BCUT2D eigenvalue weighted by atomic mass is 10.1. The molecule has 0 saturated heterocycles. The highest BCUT2D eigenvalue weighted by molar-refractivity contribution is 5.71. The molecule has 0 aliphatic carbocycles. The van der Waals surface area contributed by atoms with E-state index in [0.29, 0.717) is 19.3 Å². The van der Waals surface area contributed by atoms with Gasteiger partial charge in [0.2, 0.25) is 0 Å². The summed E-state index contributed by atoms with van der Waals surface area (Å²) in [5, 5.41) is 0. The lowest BCUT2D eigenvalue weighted by Crippen LogP contribution is -2.30. The first-order chi connectivity index (χ1) is 29.5. The van der Waals surface area contributed by atoms with Gasteiger partial charge in [0.15, 0.2) is 6.10 Å². The summed E-state index contributed by atoms with van der Waals surface area (Å²) in [5.74, 6) is -0.990. The van der Waals surface area contributed by atoms with Gasteiger partial charge < -0.3 is 14.2 Å². The van der Waals surface area contributed by atoms with Gasteiger partial charge in [-0.2, -0.15) is 0 Å². The molecule has 0 spiro atoms. The Morgan fingerprint density at radius 2 is 0.683 bits per heavy atom. The normalized spacial score (nSPS) is 12.5. The van der Waals surface area contributed by atoms with Crippen molar-refractivity contribution in [3.05, 3.63) is 60.8 Å². The maximum Gasteiger partial charge on any atom is 0.306 e. The van der Waals surface area contributed by atoms with Gasteiger partial charge >= 0.3 is 17.9 Å². The Kier molecular flexibility index (Phi) is 46.4. The molecular weight excluding hydrogens is 745 g/mol. The van der Waals surface area contributed by atoms with Crippen molar-refractivity contribution in [1.29, 1.82) is 0 Å². The van der Waals surface area contributed by atoms with Gasteiger partial charge in [-0.25, -0.2) is 0 Å². The molecule has 0 bridgehead atoms. The van der Waals surface area contributed by atoms with Crippen LogP contribution in [0.5, 0.6) is 0 Å². The molecule has 60 heavy (non-hydrogen) atoms. The molecule has 0 aliphatic heterocycles. The fourth-order valence-electron chi connectivity index (χ4n) is 6.94. The molecule has 6 heteroatoms. The molecule has 1 unspecified atom stereocenters. The largest absolute Gasteiger partial charge is 0.462 e. The van der Waals surface area contributed by atoms with Crippen LogP contribution in [-0.4, -0.2) is 37.2 Å². The highest BCUT2D eigenvalue weighted by atomic mass is 16.6. The summed E-state index contributed by atoms with van der Waals surface area (Å²) < 4.78 is 16.7. The number of hydrogen-bond donors (Lipinski definition) is 0. The van der Waals surface area contributed by atoms with Crippen LogP contribution in [0.3, 0.4) is 0 Å². The van der Waals surface area contributed by atoms with Crippen LogP contribution in [0.15, 0.2) is 60.8 Å². The van der Waals surface area contributed by atoms with Crippen LogP contribution in [0.4, 0.5) is 0 Å². The zero-order valence-corrected chi connectivity index (χ0v) is 39.5. The topological polar surface area (TPSA) is 78.9 Å². The van der Waals surface area contributed by atoms with Crippen molar-refractivity contribution in [2.75, 3.05) is 13.2 Å². The second kappa shape index (κ2) is 48.8. The second-order valence-corrected chi connectivity index (χ2v) is 16.7. The summed E-state index contributed by atoms with van der Waals surface area (Å²) in [5.41, 5.74) is 0. The van der Waals surface area contributed by atoms with Crippen LogP contribution >= 0.6 is 0 Å². The van der Waals surface area contributed by atoms with Crippen molar-refractivity contribution in [2.24, 2.45) is 0 Å². The lowest BCUT2D eigenvalue weighted by molar-refractivity contribution is -0.166. The molecule has 0 aromatic carbocycles. The number of carbonyl (C=O) groups is 3. The molecule has 0 aromatic rings. The fourth-order valence-corrected chi connectivity index (χ4v) is 6.94. The first-order valence-corrected chi connectivity index (χ1v) is 25.3. The number of carbonyl (C=O) groups excluding carboxylic acids is 3. The van der Waals surface area contributed by atoms with E-state index in [0.717, 1.165) is 83.5 Å². The molecule has 0 aromatic heterocycles. The third-order valence-corrected chi connectivity index (χ3v) is 10.7. The fraction of sp³-hybridized carbons (Fsp3) is 0.759. The molecule has 0 fully saturated rings. The van der Waals surface area contributed by atoms with Crippen molar-refractivity contribution in [3.63, 3.8) is 0 Å². The number of rotatable bonds is 45. The minimum atomic E-state index is -0.810. The van der Waals surface area contributed by atoms with Crippen molar-refractivity contribution in [2.45, 2.75) is 252 Å². The number of esters is 3. The van der Waals surface area contributed by atoms with Crippen LogP contribution in [0.2, 0.25) is 0 Å². The Balaban J connectivity index is 4.43. The van der Waals surface area contributed by atoms with Gasteiger partial charge in [-0.1, -0.05) is 197 Å². The van der Waals surface area contributed by atoms with Gasteiger partial charge in [-0.05, 0) is 89.9 Å². The molecule has 0 aliphatic rings. The SMILES string of the molecule is CC/C=C\C/C=C\CCCCCCCC(=O)OCC(COC(=O)CCCCCCCCC/C=C\CCCCCCCC)OC(=O)CC/C=C\C/C=C\CCCCCCCC. The van der Waals surface area contributed by atoms with E-state index in [1.54, 1.807) is 0 Å². The molecule has 0 N–H and O–H groups in total. The maximum absolute atomic E-state index is 12.7. The molecule has 1 atom stereocenters. The average Bonchev–Trinajstić information content (AvgIpc) is 3.24. The van der Waals surface area contributed by atoms with E-state index in [1.165, 1.54) is 116 Å². The number of ether oxygens (including phenoxy) is 3. The first-order valence-electron chi connectivity index (χ1n) is 25.3. The van der Waals surface area contributed by atoms with Crippen LogP contribution in [0, 0.1) is 0 Å². The first kappa shape index (κ1) is 57.1. The third kappa shape index (κ3) is 46.2. The molecule has 6 nitrogen and oxygen atoms in total. The van der Waals surface area contributed by atoms with Gasteiger partial charge in [0.25, 0.3) is 0 Å². The van der Waals surface area contributed by atoms with Crippen molar-refractivity contribution in [3.8, 4) is 0 Å². The highest BCUT2D eigenvalue weighted by Gasteiger charge is 2.19. The molecular formula is C54H94O6. The zero-order valence-electron chi connectivity index (χ0n) is 39.5. The Bertz CT molecular complexity index is 1100. The van der Waals surface area contributed by atoms with E-state index in [9.17, 15) is 14.4 Å². The van der Waals surface area contributed by atoms with Gasteiger partial charge in [-0.3, -0.25) is 14.4 Å². The van der Waals surface area contributed by atoms with Gasteiger partial charge in [0.05, 0.1) is 0 Å². The summed E-state index contributed by atoms with van der Waals surface area (Å²) >= 11 is 0. The van der Waals surface area contributed by atoms with E-state index in [1.807, 2.05) is 6.08 Å². The third-order valence-electron chi connectivity index (χ3n) is 10.7. The van der Waals surface area contributed by atoms with Crippen LogP contribution in [0.25, 0.3) is 0 Å². The van der Waals surface area contributed by atoms with Crippen LogP contribution in [0.1, 0.15) is 245 Å². The van der Waals surface area contributed by atoms with Crippen LogP contribution in [-0.2, 0) is 28.6 Å². The molecule has 0 heterocycles. The predicted molar refractivity (Wildman–Crippen MR) is 256 cm³/mol. The van der Waals surface area contributed by atoms with Gasteiger partial charge in [0.1, 0.15) is 13.2 Å². The molecule has 0 radical (unpaired) electrons. The van der Waals surface area contributed by atoms with Gasteiger partial charge in [0, 0.05) is 19.3 Å². The number of unbranched alkanes of at least 4 members (excludes halogenated alkanes) is 24. The average molecular weight is 839 g/mol. The van der Waals surface area contributed by atoms with Crippen LogP contribution < -0.4 is 0 Å². The van der Waals surface area contributed by atoms with E-state index >= 15 is 0 Å². The summed E-state index contributed by atoms with van der Waals surface area (Å²) in [4.78, 5) is 37.9. The lowest BCUT2D eigenvalue weighted by Gasteiger charge is -2.18. The smallest absolute Gasteiger partial charge is 0.306 e. The van der Waals surface area contributed by atoms with E-state index in [-0.39, 0.29) is 37.5 Å². The molecule has 0 saturated carbocycles. The predicted octanol–water partition coefficient (Wildman–Crippen LogP) is 16.5. The standard InChI is InChI=1S/C54H94O6/c1-4-7-10-13-16-19-22-25-26-27-28-30-32-35-38-41-44-47-53(56)59-50-51(49-58-52(55)46-43-40-37-34-31-24-21-18-15-12-9-6-3)60-54(57)48-45-42-39-36-33-29-23-20-17-14-11-8-5-2/h9,12,18,21,25-26,29,33,39,42,51H,4-8,10-11,13-17,19-20,22-24,27-28,30-32,34-38,40-41,43-50H2,1-3H3/b12-9-,21-18-,26-25-,33-29-,42-39-. The Morgan fingerprint density at radius 1 is 0.350 bits per heavy atom. The van der Waals surface area contributed by atoms with E-state index in [2.05, 4.69) is 75.5 Å². The Labute approximate surface area is 370 Å². The van der Waals surface area contributed by atoms with Crippen molar-refractivity contribution >= 4 is 17.9 Å². The van der Waals surface area contributed by atoms with E-state index in [4.69, 9.17) is 14.2 Å². The minimum Gasteiger partial charge on any atom is -0.462 e. The second-order valence-electron chi connectivity index (χ2n) is 16.7. The van der Waals surface area contributed by atoms with Crippen molar-refractivity contribution in [1.82, 2.24) is 0 Å². The van der Waals surface area contributed by atoms with Gasteiger partial charge in [-0.15, -0.1) is 0 Å². The number of hydrogen-bond acceptors (Lipinski definition) is 6. The summed E-state index contributed by atoms with van der Waals surface area (Å²) in [6.45, 7) is 6.45. The summed E-state index contributed by atoms with van der Waals surface area (Å²) in [7, 11) is 0. The minimum absolute atomic E-state index is 0.103. The zero-order chi connectivity index (χ0) is 43.7. The van der Waals surface area contributed by atoms with Crippen molar-refractivity contribution < 1.29 is 28.6 Å². The Morgan fingerprint density at radius 3 is 1.08 bits per heavy atom. The number of allylic oxidation sites excluding steroid dienone is 10. The monoisotopic (exact) mass is 839 g/mol. The molecule has 0 rings (SSSR count).